The van der Waals surface area contributed by atoms with Crippen LogP contribution in [0.2, 0.25) is 0 Å². The first-order valence-corrected chi connectivity index (χ1v) is 7.46. The zero-order valence-corrected chi connectivity index (χ0v) is 11.9. The average molecular weight is 289 g/mol. The molecule has 0 aromatic carbocycles. The summed E-state index contributed by atoms with van der Waals surface area (Å²) in [6.45, 7) is 0. The van der Waals surface area contributed by atoms with Gasteiger partial charge in [-0.2, -0.15) is 10.1 Å². The Hall–Kier alpha value is -1.89. The highest BCUT2D eigenvalue weighted by atomic mass is 16.5. The molecule has 2 fully saturated rings. The lowest BCUT2D eigenvalue weighted by Gasteiger charge is -2.37. The Morgan fingerprint density at radius 2 is 2.24 bits per heavy atom. The molecule has 0 spiro atoms. The number of nitrogens with one attached hydrogen (secondary N) is 1. The Kier molecular flexibility index (Phi) is 2.95. The Morgan fingerprint density at radius 3 is 2.86 bits per heavy atom. The van der Waals surface area contributed by atoms with Gasteiger partial charge in [-0.05, 0) is 36.8 Å². The standard InChI is InChI=1S/C14H19N5O2/c1-19-7-10(6-15-19)12(9-4-11(20)5-9)16-14-17-13(21-18-14)8-2-3-8/h6-9,11-12,20H,2-5H2,1H3,(H,16,18)/t9?,11?,12-/m1/s1. The minimum Gasteiger partial charge on any atom is -0.393 e. The van der Waals surface area contributed by atoms with Crippen LogP contribution < -0.4 is 5.32 Å². The molecule has 0 radical (unpaired) electrons. The number of rotatable bonds is 5. The molecule has 2 aromatic rings. The number of aromatic nitrogens is 4. The van der Waals surface area contributed by atoms with E-state index in [9.17, 15) is 5.11 Å². The van der Waals surface area contributed by atoms with Gasteiger partial charge in [0.1, 0.15) is 0 Å². The third-order valence-corrected chi connectivity index (χ3v) is 4.36. The lowest BCUT2D eigenvalue weighted by Crippen LogP contribution is -2.36. The maximum Gasteiger partial charge on any atom is 0.263 e. The van der Waals surface area contributed by atoms with Crippen LogP contribution in [0.1, 0.15) is 49.1 Å². The van der Waals surface area contributed by atoms with Gasteiger partial charge in [0.05, 0.1) is 18.3 Å². The summed E-state index contributed by atoms with van der Waals surface area (Å²) in [5.41, 5.74) is 1.09. The van der Waals surface area contributed by atoms with E-state index in [0.29, 0.717) is 17.8 Å². The number of nitrogens with zero attached hydrogens (tertiary/aromatic N) is 4. The largest absolute Gasteiger partial charge is 0.393 e. The minimum atomic E-state index is -0.191. The summed E-state index contributed by atoms with van der Waals surface area (Å²) >= 11 is 0. The van der Waals surface area contributed by atoms with Gasteiger partial charge < -0.3 is 14.9 Å². The van der Waals surface area contributed by atoms with Crippen LogP contribution >= 0.6 is 0 Å². The van der Waals surface area contributed by atoms with Crippen LogP contribution in [0.25, 0.3) is 0 Å². The first-order valence-electron chi connectivity index (χ1n) is 7.46. The van der Waals surface area contributed by atoms with Crippen LogP contribution in [0.15, 0.2) is 16.9 Å². The van der Waals surface area contributed by atoms with E-state index in [1.807, 2.05) is 19.4 Å². The summed E-state index contributed by atoms with van der Waals surface area (Å²) in [6, 6.07) is 0.0618. The Balaban J connectivity index is 1.53. The number of aliphatic hydroxyl groups is 1. The lowest BCUT2D eigenvalue weighted by atomic mass is 9.75. The van der Waals surface area contributed by atoms with E-state index < -0.39 is 0 Å². The zero-order chi connectivity index (χ0) is 14.4. The van der Waals surface area contributed by atoms with Crippen molar-refractivity contribution in [3.63, 3.8) is 0 Å². The summed E-state index contributed by atoms with van der Waals surface area (Å²) in [5, 5.41) is 21.2. The molecule has 2 N–H and O–H groups in total. The number of hydrogen-bond acceptors (Lipinski definition) is 6. The highest BCUT2D eigenvalue weighted by molar-refractivity contribution is 5.31. The van der Waals surface area contributed by atoms with E-state index in [1.54, 1.807) is 4.68 Å². The molecule has 112 valence electrons. The Bertz CT molecular complexity index is 627. The number of aryl methyl sites for hydroxylation is 1. The molecular weight excluding hydrogens is 270 g/mol. The first-order chi connectivity index (χ1) is 10.2. The fourth-order valence-electron chi connectivity index (χ4n) is 2.91. The number of hydrogen-bond donors (Lipinski definition) is 2. The normalized spacial score (nSPS) is 26.4. The first kappa shape index (κ1) is 12.8. The molecule has 0 unspecified atom stereocenters. The molecule has 2 heterocycles. The van der Waals surface area contributed by atoms with Crippen molar-refractivity contribution in [3.8, 4) is 0 Å². The molecule has 0 bridgehead atoms. The Morgan fingerprint density at radius 1 is 1.43 bits per heavy atom. The highest BCUT2D eigenvalue weighted by Crippen LogP contribution is 2.41. The molecule has 4 rings (SSSR count). The topological polar surface area (TPSA) is 89.0 Å². The molecule has 0 saturated heterocycles. The molecule has 2 aliphatic rings. The molecular formula is C14H19N5O2. The van der Waals surface area contributed by atoms with Crippen molar-refractivity contribution in [3.05, 3.63) is 23.8 Å². The van der Waals surface area contributed by atoms with E-state index in [1.165, 1.54) is 0 Å². The van der Waals surface area contributed by atoms with Gasteiger partial charge in [0.15, 0.2) is 0 Å². The van der Waals surface area contributed by atoms with E-state index in [4.69, 9.17) is 4.52 Å². The summed E-state index contributed by atoms with van der Waals surface area (Å²) in [6.07, 6.45) is 7.52. The van der Waals surface area contributed by atoms with Crippen molar-refractivity contribution in [1.29, 1.82) is 0 Å². The molecule has 2 aromatic heterocycles. The molecule has 7 nitrogen and oxygen atoms in total. The van der Waals surface area contributed by atoms with Gasteiger partial charge in [0, 0.05) is 24.7 Å². The van der Waals surface area contributed by atoms with Gasteiger partial charge in [-0.15, -0.1) is 0 Å². The molecule has 1 atom stereocenters. The molecule has 0 aliphatic heterocycles. The zero-order valence-electron chi connectivity index (χ0n) is 11.9. The maximum atomic E-state index is 9.57. The van der Waals surface area contributed by atoms with Crippen molar-refractivity contribution < 1.29 is 9.63 Å². The van der Waals surface area contributed by atoms with Gasteiger partial charge >= 0.3 is 0 Å². The SMILES string of the molecule is Cn1cc([C@H](Nc2noc(C3CC3)n2)C2CC(O)C2)cn1. The summed E-state index contributed by atoms with van der Waals surface area (Å²) in [7, 11) is 1.90. The van der Waals surface area contributed by atoms with Gasteiger partial charge in [-0.1, -0.05) is 0 Å². The maximum absolute atomic E-state index is 9.57. The molecule has 2 saturated carbocycles. The average Bonchev–Trinajstić information content (AvgIpc) is 3.02. The van der Waals surface area contributed by atoms with Crippen LogP contribution in [0, 0.1) is 5.92 Å². The predicted molar refractivity (Wildman–Crippen MR) is 74.6 cm³/mol. The van der Waals surface area contributed by atoms with E-state index in [-0.39, 0.29) is 12.1 Å². The predicted octanol–water partition coefficient (Wildman–Crippen LogP) is 1.60. The Labute approximate surface area is 122 Å². The lowest BCUT2D eigenvalue weighted by molar-refractivity contribution is 0.0338. The second-order valence-corrected chi connectivity index (χ2v) is 6.19. The van der Waals surface area contributed by atoms with Crippen LogP contribution in [0.4, 0.5) is 5.95 Å². The second-order valence-electron chi connectivity index (χ2n) is 6.19. The van der Waals surface area contributed by atoms with Gasteiger partial charge in [0.2, 0.25) is 5.89 Å². The van der Waals surface area contributed by atoms with E-state index >= 15 is 0 Å². The van der Waals surface area contributed by atoms with Crippen LogP contribution in [0.3, 0.4) is 0 Å². The summed E-state index contributed by atoms with van der Waals surface area (Å²) < 4.78 is 7.07. The molecule has 2 aliphatic carbocycles. The minimum absolute atomic E-state index is 0.0618. The van der Waals surface area contributed by atoms with Crippen molar-refractivity contribution in [1.82, 2.24) is 19.9 Å². The molecule has 7 heteroatoms. The third-order valence-electron chi connectivity index (χ3n) is 4.36. The van der Waals surface area contributed by atoms with E-state index in [2.05, 4.69) is 20.6 Å². The van der Waals surface area contributed by atoms with Crippen molar-refractivity contribution in [2.24, 2.45) is 13.0 Å². The fraction of sp³-hybridized carbons (Fsp3) is 0.643. The van der Waals surface area contributed by atoms with Crippen LogP contribution in [-0.2, 0) is 7.05 Å². The fourth-order valence-corrected chi connectivity index (χ4v) is 2.91. The molecule has 21 heavy (non-hydrogen) atoms. The second kappa shape index (κ2) is 4.84. The third kappa shape index (κ3) is 2.53. The summed E-state index contributed by atoms with van der Waals surface area (Å²) in [4.78, 5) is 4.43. The number of aliphatic hydroxyl groups excluding tert-OH is 1. The summed E-state index contributed by atoms with van der Waals surface area (Å²) in [5.74, 6) is 2.09. The van der Waals surface area contributed by atoms with Crippen molar-refractivity contribution in [2.75, 3.05) is 5.32 Å². The van der Waals surface area contributed by atoms with Crippen LogP contribution in [0.5, 0.6) is 0 Å². The highest BCUT2D eigenvalue weighted by Gasteiger charge is 2.36. The monoisotopic (exact) mass is 289 g/mol. The smallest absolute Gasteiger partial charge is 0.263 e. The van der Waals surface area contributed by atoms with Crippen molar-refractivity contribution >= 4 is 5.95 Å². The van der Waals surface area contributed by atoms with Gasteiger partial charge in [-0.25, -0.2) is 0 Å². The molecule has 0 amide bonds. The quantitative estimate of drug-likeness (QED) is 0.869. The van der Waals surface area contributed by atoms with E-state index in [0.717, 1.165) is 37.1 Å². The number of anilines is 1. The van der Waals surface area contributed by atoms with Crippen molar-refractivity contribution in [2.45, 2.75) is 43.7 Å². The van der Waals surface area contributed by atoms with Gasteiger partial charge in [-0.3, -0.25) is 4.68 Å². The van der Waals surface area contributed by atoms with Crippen LogP contribution in [-0.4, -0.2) is 31.1 Å². The van der Waals surface area contributed by atoms with Gasteiger partial charge in [0.25, 0.3) is 5.95 Å².